The van der Waals surface area contributed by atoms with Gasteiger partial charge in [-0.25, -0.2) is 9.97 Å². The zero-order chi connectivity index (χ0) is 38.1. The van der Waals surface area contributed by atoms with Crippen LogP contribution in [0.3, 0.4) is 0 Å². The molecule has 11 rings (SSSR count). The Morgan fingerprint density at radius 1 is 0.316 bits per heavy atom. The van der Waals surface area contributed by atoms with Gasteiger partial charge in [-0.2, -0.15) is 0 Å². The van der Waals surface area contributed by atoms with Crippen LogP contribution < -0.4 is 0 Å². The van der Waals surface area contributed by atoms with E-state index in [-0.39, 0.29) is 5.41 Å². The van der Waals surface area contributed by atoms with E-state index in [0.29, 0.717) is 0 Å². The van der Waals surface area contributed by atoms with Crippen LogP contribution in [-0.2, 0) is 5.41 Å². The van der Waals surface area contributed by atoms with Crippen LogP contribution in [0.1, 0.15) is 25.0 Å². The highest BCUT2D eigenvalue weighted by Crippen LogP contribution is 2.51. The van der Waals surface area contributed by atoms with Gasteiger partial charge in [0.1, 0.15) is 0 Å². The van der Waals surface area contributed by atoms with Gasteiger partial charge >= 0.3 is 0 Å². The normalized spacial score (nSPS) is 12.9. The van der Waals surface area contributed by atoms with Crippen LogP contribution in [0.15, 0.2) is 194 Å². The topological polar surface area (TPSA) is 25.8 Å². The molecule has 0 unspecified atom stereocenters. The van der Waals surface area contributed by atoms with Crippen molar-refractivity contribution in [1.82, 2.24) is 9.97 Å². The van der Waals surface area contributed by atoms with Gasteiger partial charge in [0.25, 0.3) is 0 Å². The van der Waals surface area contributed by atoms with Gasteiger partial charge in [-0.15, -0.1) is 0 Å². The van der Waals surface area contributed by atoms with Gasteiger partial charge in [-0.05, 0) is 101 Å². The molecule has 0 aliphatic heterocycles. The minimum Gasteiger partial charge on any atom is -0.244 e. The lowest BCUT2D eigenvalue weighted by Gasteiger charge is -2.22. The average Bonchev–Trinajstić information content (AvgIpc) is 3.50. The molecule has 0 radical (unpaired) electrons. The molecule has 9 aromatic carbocycles. The molecule has 2 heteroatoms. The van der Waals surface area contributed by atoms with E-state index in [2.05, 4.69) is 196 Å². The monoisotopic (exact) mass is 726 g/mol. The first-order valence-electron chi connectivity index (χ1n) is 19.7. The molecule has 0 fully saturated rings. The van der Waals surface area contributed by atoms with E-state index >= 15 is 0 Å². The van der Waals surface area contributed by atoms with Gasteiger partial charge in [-0.3, -0.25) is 0 Å². The minimum atomic E-state index is -0.0554. The lowest BCUT2D eigenvalue weighted by atomic mass is 9.81. The van der Waals surface area contributed by atoms with Crippen molar-refractivity contribution in [1.29, 1.82) is 0 Å². The number of hydrogen-bond donors (Lipinski definition) is 0. The highest BCUT2D eigenvalue weighted by molar-refractivity contribution is 6.22. The second-order valence-corrected chi connectivity index (χ2v) is 15.7. The first-order chi connectivity index (χ1) is 28.0. The molecule has 0 spiro atoms. The SMILES string of the molecule is CC1(C)c2ccccc2-c2cc(-c3c4ccccc4c(-c4ccc5nc(-c6ccccc6)c(-c6ccccc6)nc5c4)c4ccc(-c5ccccc5)cc34)ccc21. The number of rotatable bonds is 5. The fourth-order valence-corrected chi connectivity index (χ4v) is 9.29. The van der Waals surface area contributed by atoms with E-state index in [9.17, 15) is 0 Å². The van der Waals surface area contributed by atoms with Crippen molar-refractivity contribution in [3.05, 3.63) is 205 Å². The maximum Gasteiger partial charge on any atom is 0.0973 e. The van der Waals surface area contributed by atoms with Crippen LogP contribution in [0.25, 0.3) is 99.6 Å². The van der Waals surface area contributed by atoms with E-state index in [1.54, 1.807) is 0 Å². The van der Waals surface area contributed by atoms with E-state index < -0.39 is 0 Å². The minimum absolute atomic E-state index is 0.0554. The molecule has 0 N–H and O–H groups in total. The van der Waals surface area contributed by atoms with Gasteiger partial charge in [0.15, 0.2) is 0 Å². The number of benzene rings is 9. The van der Waals surface area contributed by atoms with Gasteiger partial charge < -0.3 is 0 Å². The summed E-state index contributed by atoms with van der Waals surface area (Å²) < 4.78 is 0. The highest BCUT2D eigenvalue weighted by Gasteiger charge is 2.35. The summed E-state index contributed by atoms with van der Waals surface area (Å²) in [4.78, 5) is 10.7. The Morgan fingerprint density at radius 2 is 0.807 bits per heavy atom. The van der Waals surface area contributed by atoms with Crippen molar-refractivity contribution in [3.8, 4) is 67.0 Å². The van der Waals surface area contributed by atoms with Crippen molar-refractivity contribution in [3.63, 3.8) is 0 Å². The van der Waals surface area contributed by atoms with Crippen LogP contribution in [0.2, 0.25) is 0 Å². The number of aromatic nitrogens is 2. The Labute approximate surface area is 332 Å². The molecule has 1 aliphatic carbocycles. The van der Waals surface area contributed by atoms with E-state index in [1.165, 1.54) is 71.6 Å². The van der Waals surface area contributed by atoms with Crippen LogP contribution in [-0.4, -0.2) is 9.97 Å². The number of fused-ring (bicyclic) bond motifs is 6. The first-order valence-corrected chi connectivity index (χ1v) is 19.7. The number of hydrogen-bond acceptors (Lipinski definition) is 2. The van der Waals surface area contributed by atoms with Crippen LogP contribution in [0, 0.1) is 0 Å². The van der Waals surface area contributed by atoms with Crippen LogP contribution in [0.5, 0.6) is 0 Å². The van der Waals surface area contributed by atoms with E-state index in [4.69, 9.17) is 9.97 Å². The summed E-state index contributed by atoms with van der Waals surface area (Å²) in [7, 11) is 0. The third-order valence-electron chi connectivity index (χ3n) is 12.1. The zero-order valence-electron chi connectivity index (χ0n) is 31.9. The fourth-order valence-electron chi connectivity index (χ4n) is 9.29. The summed E-state index contributed by atoms with van der Waals surface area (Å²) in [5.41, 5.74) is 18.2. The third-order valence-corrected chi connectivity index (χ3v) is 12.1. The molecule has 1 heterocycles. The molecule has 1 aromatic heterocycles. The molecule has 268 valence electrons. The van der Waals surface area contributed by atoms with Gasteiger partial charge in [0, 0.05) is 16.5 Å². The first kappa shape index (κ1) is 33.2. The predicted octanol–water partition coefficient (Wildman–Crippen LogP) is 14.6. The smallest absolute Gasteiger partial charge is 0.0973 e. The Kier molecular flexibility index (Phi) is 7.55. The molecule has 0 bridgehead atoms. The maximum atomic E-state index is 5.39. The second kappa shape index (κ2) is 13.0. The fraction of sp³-hybridized carbons (Fsp3) is 0.0545. The van der Waals surface area contributed by atoms with Crippen LogP contribution in [0.4, 0.5) is 0 Å². The Hall–Kier alpha value is -7.16. The lowest BCUT2D eigenvalue weighted by molar-refractivity contribution is 0.660. The standard InChI is InChI=1S/C55H38N2/c1-55(2)47-25-15-14-22-41(47)45-33-39(27-30-48(45)55)52-43-24-13-12-23-42(43)51(44-29-26-38(32-46(44)52)35-16-6-3-7-17-35)40-28-31-49-50(34-40)57-54(37-20-10-5-11-21-37)53(56-49)36-18-8-4-9-19-36/h3-34H,1-2H3. The molecular formula is C55H38N2. The molecule has 2 nitrogen and oxygen atoms in total. The second-order valence-electron chi connectivity index (χ2n) is 15.7. The van der Waals surface area contributed by atoms with Crippen molar-refractivity contribution in [2.24, 2.45) is 0 Å². The molecule has 0 atom stereocenters. The number of nitrogens with zero attached hydrogens (tertiary/aromatic N) is 2. The summed E-state index contributed by atoms with van der Waals surface area (Å²) >= 11 is 0. The summed E-state index contributed by atoms with van der Waals surface area (Å²) in [6.45, 7) is 4.70. The van der Waals surface area contributed by atoms with Gasteiger partial charge in [0.05, 0.1) is 22.4 Å². The van der Waals surface area contributed by atoms with E-state index in [1.807, 2.05) is 12.1 Å². The Balaban J connectivity index is 1.18. The third kappa shape index (κ3) is 5.33. The van der Waals surface area contributed by atoms with Crippen molar-refractivity contribution in [2.45, 2.75) is 19.3 Å². The summed E-state index contributed by atoms with van der Waals surface area (Å²) in [5, 5.41) is 4.88. The quantitative estimate of drug-likeness (QED) is 0.165. The van der Waals surface area contributed by atoms with Crippen molar-refractivity contribution < 1.29 is 0 Å². The van der Waals surface area contributed by atoms with Crippen molar-refractivity contribution >= 4 is 32.6 Å². The molecular weight excluding hydrogens is 689 g/mol. The summed E-state index contributed by atoms with van der Waals surface area (Å²) in [6, 6.07) is 70.2. The molecule has 0 saturated carbocycles. The van der Waals surface area contributed by atoms with E-state index in [0.717, 1.165) is 39.1 Å². The van der Waals surface area contributed by atoms with Gasteiger partial charge in [0.2, 0.25) is 0 Å². The highest BCUT2D eigenvalue weighted by atomic mass is 14.8. The molecule has 0 saturated heterocycles. The predicted molar refractivity (Wildman–Crippen MR) is 239 cm³/mol. The Morgan fingerprint density at radius 3 is 1.49 bits per heavy atom. The molecule has 57 heavy (non-hydrogen) atoms. The zero-order valence-corrected chi connectivity index (χ0v) is 31.9. The summed E-state index contributed by atoms with van der Waals surface area (Å²) in [6.07, 6.45) is 0. The lowest BCUT2D eigenvalue weighted by Crippen LogP contribution is -2.14. The van der Waals surface area contributed by atoms with Crippen molar-refractivity contribution in [2.75, 3.05) is 0 Å². The molecule has 10 aromatic rings. The molecule has 0 amide bonds. The van der Waals surface area contributed by atoms with Crippen LogP contribution >= 0.6 is 0 Å². The largest absolute Gasteiger partial charge is 0.244 e. The molecule has 1 aliphatic rings. The average molecular weight is 727 g/mol. The van der Waals surface area contributed by atoms with Gasteiger partial charge in [-0.1, -0.05) is 184 Å². The maximum absolute atomic E-state index is 5.39. The summed E-state index contributed by atoms with van der Waals surface area (Å²) in [5.74, 6) is 0. The Bertz CT molecular complexity index is 3180.